The number of nitrogens with zero attached hydrogens (tertiary/aromatic N) is 1. The molecule has 0 bridgehead atoms. The third-order valence-electron chi connectivity index (χ3n) is 5.76. The zero-order chi connectivity index (χ0) is 25.8. The van der Waals surface area contributed by atoms with Crippen LogP contribution < -0.4 is 14.8 Å². The molecule has 3 aromatic rings. The first-order valence-corrected chi connectivity index (χ1v) is 12.9. The maximum absolute atomic E-state index is 13.6. The molecule has 0 radical (unpaired) electrons. The van der Waals surface area contributed by atoms with E-state index >= 15 is 0 Å². The number of ether oxygens (including phenoxy) is 2. The molecule has 0 saturated carbocycles. The molecule has 0 aliphatic heterocycles. The summed E-state index contributed by atoms with van der Waals surface area (Å²) in [6.07, 6.45) is 2.26. The molecular weight excluding hydrogens is 520 g/mol. The van der Waals surface area contributed by atoms with E-state index in [1.54, 1.807) is 36.3 Å². The second kappa shape index (κ2) is 14.3. The minimum absolute atomic E-state index is 0.167. The fourth-order valence-corrected chi connectivity index (χ4v) is 4.24. The maximum Gasteiger partial charge on any atom is 0.261 e. The lowest BCUT2D eigenvalue weighted by atomic mass is 10.0. The normalized spacial score (nSPS) is 11.4. The van der Waals surface area contributed by atoms with Crippen LogP contribution in [-0.2, 0) is 22.6 Å². The highest BCUT2D eigenvalue weighted by molar-refractivity contribution is 9.10. The van der Waals surface area contributed by atoms with Gasteiger partial charge < -0.3 is 19.7 Å². The van der Waals surface area contributed by atoms with E-state index in [-0.39, 0.29) is 25.0 Å². The molecule has 0 fully saturated rings. The van der Waals surface area contributed by atoms with Gasteiger partial charge in [-0.25, -0.2) is 0 Å². The molecule has 0 heterocycles. The number of nitrogens with one attached hydrogen (secondary N) is 1. The number of rotatable bonds is 13. The molecule has 2 amide bonds. The summed E-state index contributed by atoms with van der Waals surface area (Å²) in [4.78, 5) is 28.6. The minimum atomic E-state index is -0.685. The lowest BCUT2D eigenvalue weighted by molar-refractivity contribution is -0.142. The van der Waals surface area contributed by atoms with Crippen LogP contribution in [0.5, 0.6) is 11.5 Å². The van der Waals surface area contributed by atoms with E-state index in [0.29, 0.717) is 24.5 Å². The van der Waals surface area contributed by atoms with Gasteiger partial charge in [-0.05, 0) is 53.9 Å². The first-order valence-electron chi connectivity index (χ1n) is 12.1. The van der Waals surface area contributed by atoms with Gasteiger partial charge in [-0.3, -0.25) is 9.59 Å². The maximum atomic E-state index is 13.6. The average Bonchev–Trinajstić information content (AvgIpc) is 2.90. The number of benzene rings is 3. The molecule has 0 unspecified atom stereocenters. The molecule has 0 aliphatic rings. The number of halogens is 1. The van der Waals surface area contributed by atoms with Gasteiger partial charge in [0.1, 0.15) is 17.5 Å². The van der Waals surface area contributed by atoms with Crippen LogP contribution in [0.3, 0.4) is 0 Å². The van der Waals surface area contributed by atoms with Gasteiger partial charge in [0, 0.05) is 24.0 Å². The highest BCUT2D eigenvalue weighted by Gasteiger charge is 2.30. The summed E-state index contributed by atoms with van der Waals surface area (Å²) in [6.45, 7) is 2.74. The van der Waals surface area contributed by atoms with Crippen molar-refractivity contribution in [3.05, 3.63) is 94.5 Å². The van der Waals surface area contributed by atoms with Crippen LogP contribution in [0.1, 0.15) is 30.9 Å². The second-order valence-corrected chi connectivity index (χ2v) is 9.38. The van der Waals surface area contributed by atoms with Crippen LogP contribution in [-0.4, -0.2) is 43.0 Å². The molecule has 6 nitrogen and oxygen atoms in total. The van der Waals surface area contributed by atoms with Crippen molar-refractivity contribution in [3.63, 3.8) is 0 Å². The van der Waals surface area contributed by atoms with E-state index in [1.165, 1.54) is 0 Å². The SMILES string of the molecule is CCCCNC(=O)[C@H](Cc1ccccc1)N(Cc1cccc(Br)c1)C(=O)COc1ccc(OC)cc1. The monoisotopic (exact) mass is 552 g/mol. The highest BCUT2D eigenvalue weighted by atomic mass is 79.9. The van der Waals surface area contributed by atoms with Crippen molar-refractivity contribution in [2.45, 2.75) is 38.8 Å². The molecule has 3 rings (SSSR count). The van der Waals surface area contributed by atoms with Gasteiger partial charge in [0.15, 0.2) is 6.61 Å². The van der Waals surface area contributed by atoms with Gasteiger partial charge in [0.25, 0.3) is 5.91 Å². The summed E-state index contributed by atoms with van der Waals surface area (Å²) in [7, 11) is 1.59. The smallest absolute Gasteiger partial charge is 0.261 e. The lowest BCUT2D eigenvalue weighted by Crippen LogP contribution is -2.51. The zero-order valence-electron chi connectivity index (χ0n) is 20.8. The summed E-state index contributed by atoms with van der Waals surface area (Å²) >= 11 is 3.51. The van der Waals surface area contributed by atoms with Gasteiger partial charge in [0.05, 0.1) is 7.11 Å². The quantitative estimate of drug-likeness (QED) is 0.288. The third-order valence-corrected chi connectivity index (χ3v) is 6.26. The Hall–Kier alpha value is -3.32. The van der Waals surface area contributed by atoms with Crippen LogP contribution in [0.4, 0.5) is 0 Å². The number of carbonyl (C=O) groups is 2. The van der Waals surface area contributed by atoms with Crippen molar-refractivity contribution < 1.29 is 19.1 Å². The minimum Gasteiger partial charge on any atom is -0.497 e. The predicted molar refractivity (Wildman–Crippen MR) is 145 cm³/mol. The molecule has 3 aromatic carbocycles. The Morgan fingerprint density at radius 3 is 2.31 bits per heavy atom. The van der Waals surface area contributed by atoms with Crippen LogP contribution in [0.2, 0.25) is 0 Å². The number of hydrogen-bond acceptors (Lipinski definition) is 4. The molecular formula is C29H33BrN2O4. The molecule has 190 valence electrons. The summed E-state index contributed by atoms with van der Waals surface area (Å²) in [5.74, 6) is 0.827. The largest absolute Gasteiger partial charge is 0.497 e. The summed E-state index contributed by atoms with van der Waals surface area (Å²) < 4.78 is 11.9. The molecule has 1 N–H and O–H groups in total. The van der Waals surface area contributed by atoms with Crippen molar-refractivity contribution in [1.82, 2.24) is 10.2 Å². The van der Waals surface area contributed by atoms with Crippen LogP contribution in [0.25, 0.3) is 0 Å². The van der Waals surface area contributed by atoms with Gasteiger partial charge >= 0.3 is 0 Å². The molecule has 36 heavy (non-hydrogen) atoms. The van der Waals surface area contributed by atoms with Crippen molar-refractivity contribution in [1.29, 1.82) is 0 Å². The molecule has 1 atom stereocenters. The average molecular weight is 553 g/mol. The lowest BCUT2D eigenvalue weighted by Gasteiger charge is -2.31. The molecule has 0 saturated heterocycles. The van der Waals surface area contributed by atoms with E-state index < -0.39 is 6.04 Å². The van der Waals surface area contributed by atoms with Gasteiger partial charge in [-0.2, -0.15) is 0 Å². The van der Waals surface area contributed by atoms with E-state index in [4.69, 9.17) is 9.47 Å². The summed E-state index contributed by atoms with van der Waals surface area (Å²) in [5.41, 5.74) is 1.90. The number of methoxy groups -OCH3 is 1. The third kappa shape index (κ3) is 8.41. The van der Waals surface area contributed by atoms with Crippen LogP contribution in [0.15, 0.2) is 83.3 Å². The van der Waals surface area contributed by atoms with Crippen molar-refractivity contribution in [3.8, 4) is 11.5 Å². The molecule has 7 heteroatoms. The molecule has 0 aromatic heterocycles. The Balaban J connectivity index is 1.86. The second-order valence-electron chi connectivity index (χ2n) is 8.47. The van der Waals surface area contributed by atoms with Crippen LogP contribution >= 0.6 is 15.9 Å². The number of hydrogen-bond donors (Lipinski definition) is 1. The fraction of sp³-hybridized carbons (Fsp3) is 0.310. The molecule has 0 aliphatic carbocycles. The highest BCUT2D eigenvalue weighted by Crippen LogP contribution is 2.20. The van der Waals surface area contributed by atoms with Crippen molar-refractivity contribution in [2.24, 2.45) is 0 Å². The number of amides is 2. The topological polar surface area (TPSA) is 67.9 Å². The standard InChI is InChI=1S/C29H33BrN2O4/c1-3-4-17-31-29(34)27(19-22-9-6-5-7-10-22)32(20-23-11-8-12-24(30)18-23)28(33)21-36-26-15-13-25(35-2)14-16-26/h5-16,18,27H,3-4,17,19-21H2,1-2H3,(H,31,34)/t27-/m0/s1. The Kier molecular flexibility index (Phi) is 10.8. The first-order chi connectivity index (χ1) is 17.5. The van der Waals surface area contributed by atoms with E-state index in [9.17, 15) is 9.59 Å². The van der Waals surface area contributed by atoms with Gasteiger partial charge in [-0.1, -0.05) is 71.7 Å². The van der Waals surface area contributed by atoms with Crippen molar-refractivity contribution in [2.75, 3.05) is 20.3 Å². The number of unbranched alkanes of at least 4 members (excludes halogenated alkanes) is 1. The predicted octanol–water partition coefficient (Wildman–Crippen LogP) is 5.39. The van der Waals surface area contributed by atoms with E-state index in [0.717, 1.165) is 28.4 Å². The van der Waals surface area contributed by atoms with Gasteiger partial charge in [0.2, 0.25) is 5.91 Å². The molecule has 0 spiro atoms. The Morgan fingerprint density at radius 2 is 1.64 bits per heavy atom. The Morgan fingerprint density at radius 1 is 0.944 bits per heavy atom. The van der Waals surface area contributed by atoms with E-state index in [2.05, 4.69) is 28.2 Å². The van der Waals surface area contributed by atoms with E-state index in [1.807, 2.05) is 54.6 Å². The fourth-order valence-electron chi connectivity index (χ4n) is 3.79. The summed E-state index contributed by atoms with van der Waals surface area (Å²) in [6, 6.07) is 23.9. The Labute approximate surface area is 221 Å². The summed E-state index contributed by atoms with van der Waals surface area (Å²) in [5, 5.41) is 3.03. The van der Waals surface area contributed by atoms with Crippen LogP contribution in [0, 0.1) is 0 Å². The van der Waals surface area contributed by atoms with Gasteiger partial charge in [-0.15, -0.1) is 0 Å². The zero-order valence-corrected chi connectivity index (χ0v) is 22.4. The Bertz CT molecular complexity index is 1110. The first kappa shape index (κ1) is 27.3. The number of carbonyl (C=O) groups excluding carboxylic acids is 2. The van der Waals surface area contributed by atoms with Crippen molar-refractivity contribution >= 4 is 27.7 Å².